The van der Waals surface area contributed by atoms with E-state index >= 15 is 0 Å². The first-order valence-corrected chi connectivity index (χ1v) is 12.1. The van der Waals surface area contributed by atoms with Gasteiger partial charge < -0.3 is 10.1 Å². The van der Waals surface area contributed by atoms with Gasteiger partial charge in [0.2, 0.25) is 11.8 Å². The number of carbonyl (C=O) groups is 4. The highest BCUT2D eigenvalue weighted by Gasteiger charge is 2.67. The molecule has 0 aromatic heterocycles. The number of para-hydroxylation sites is 1. The molecule has 0 radical (unpaired) electrons. The average Bonchev–Trinajstić information content (AvgIpc) is 3.33. The lowest BCUT2D eigenvalue weighted by molar-refractivity contribution is -0.159. The molecule has 1 aromatic carbocycles. The molecule has 9 heteroatoms. The monoisotopic (exact) mass is 554 g/mol. The van der Waals surface area contributed by atoms with Gasteiger partial charge in [-0.25, -0.2) is 4.79 Å². The molecule has 31 heavy (non-hydrogen) atoms. The number of ether oxygens (including phenoxy) is 1. The van der Waals surface area contributed by atoms with Crippen LogP contribution in [0.1, 0.15) is 24.5 Å². The molecule has 166 valence electrons. The van der Waals surface area contributed by atoms with Gasteiger partial charge in [-0.3, -0.25) is 19.3 Å². The van der Waals surface area contributed by atoms with E-state index in [0.717, 1.165) is 22.4 Å². The van der Waals surface area contributed by atoms with Crippen LogP contribution in [0.4, 0.5) is 5.69 Å². The fourth-order valence-electron chi connectivity index (χ4n) is 5.30. The van der Waals surface area contributed by atoms with Crippen molar-refractivity contribution in [1.29, 1.82) is 0 Å². The van der Waals surface area contributed by atoms with Gasteiger partial charge in [-0.1, -0.05) is 50.1 Å². The molecule has 2 saturated carbocycles. The van der Waals surface area contributed by atoms with Crippen LogP contribution in [0.2, 0.25) is 0 Å². The number of esters is 1. The summed E-state index contributed by atoms with van der Waals surface area (Å²) in [5.41, 5.74) is 2.48. The molecule has 7 atom stereocenters. The van der Waals surface area contributed by atoms with Crippen LogP contribution in [0.5, 0.6) is 0 Å². The predicted molar refractivity (Wildman–Crippen MR) is 121 cm³/mol. The van der Waals surface area contributed by atoms with Crippen LogP contribution in [-0.2, 0) is 23.9 Å². The molecule has 1 aromatic rings. The smallest absolute Gasteiger partial charge is 0.329 e. The Balaban J connectivity index is 1.38. The van der Waals surface area contributed by atoms with Crippen molar-refractivity contribution in [3.8, 4) is 0 Å². The van der Waals surface area contributed by atoms with Crippen LogP contribution in [0.3, 0.4) is 0 Å². The van der Waals surface area contributed by atoms with Crippen LogP contribution >= 0.6 is 31.9 Å². The molecule has 0 spiro atoms. The molecule has 1 aliphatic heterocycles. The molecular weight excluding hydrogens is 532 g/mol. The van der Waals surface area contributed by atoms with Crippen LogP contribution < -0.4 is 5.32 Å². The van der Waals surface area contributed by atoms with Crippen molar-refractivity contribution in [2.75, 3.05) is 11.9 Å². The second kappa shape index (κ2) is 8.31. The molecule has 1 N–H and O–H groups in total. The molecular formula is C22H24Br2N2O5. The van der Waals surface area contributed by atoms with Crippen molar-refractivity contribution in [2.45, 2.75) is 42.9 Å². The van der Waals surface area contributed by atoms with Crippen molar-refractivity contribution in [3.05, 3.63) is 29.3 Å². The fourth-order valence-corrected chi connectivity index (χ4v) is 7.18. The minimum atomic E-state index is -1.07. The van der Waals surface area contributed by atoms with E-state index in [4.69, 9.17) is 4.74 Å². The first-order valence-electron chi connectivity index (χ1n) is 10.3. The quantitative estimate of drug-likeness (QED) is 0.342. The van der Waals surface area contributed by atoms with Gasteiger partial charge in [0.15, 0.2) is 6.61 Å². The molecule has 1 saturated heterocycles. The Morgan fingerprint density at radius 2 is 1.61 bits per heavy atom. The Bertz CT molecular complexity index is 915. The number of hydrogen-bond donors (Lipinski definition) is 1. The summed E-state index contributed by atoms with van der Waals surface area (Å²) >= 11 is 7.29. The molecule has 2 aliphatic carbocycles. The van der Waals surface area contributed by atoms with E-state index in [0.29, 0.717) is 5.69 Å². The van der Waals surface area contributed by atoms with Crippen LogP contribution in [0.25, 0.3) is 0 Å². The standard InChI is InChI=1S/C22H24Br2N2O5/c1-9-5-4-6-10(2)19(9)25-14(27)8-31-22(30)11(3)26-20(28)15-12-7-13(16(15)21(26)29)18(24)17(12)23/h4-6,11-13,15-18H,7-8H2,1-3H3,(H,25,27)/t11-,12+,13+,15+,16+,17-,18+/m0/s1. The van der Waals surface area contributed by atoms with Crippen LogP contribution in [-0.4, -0.2) is 50.9 Å². The Morgan fingerprint density at radius 1 is 1.10 bits per heavy atom. The molecule has 7 nitrogen and oxygen atoms in total. The summed E-state index contributed by atoms with van der Waals surface area (Å²) in [6.45, 7) is 4.74. The lowest BCUT2D eigenvalue weighted by Gasteiger charge is -2.28. The van der Waals surface area contributed by atoms with Gasteiger partial charge >= 0.3 is 5.97 Å². The summed E-state index contributed by atoms with van der Waals surface area (Å²) in [4.78, 5) is 52.2. The zero-order chi connectivity index (χ0) is 22.6. The minimum Gasteiger partial charge on any atom is -0.454 e. The Kier molecular flexibility index (Phi) is 6.02. The first-order chi connectivity index (χ1) is 14.6. The Hall–Kier alpha value is -1.74. The van der Waals surface area contributed by atoms with Gasteiger partial charge in [0.05, 0.1) is 11.8 Å². The summed E-state index contributed by atoms with van der Waals surface area (Å²) in [7, 11) is 0. The third kappa shape index (κ3) is 3.63. The molecule has 3 fully saturated rings. The molecule has 1 heterocycles. The maximum atomic E-state index is 13.0. The predicted octanol–water partition coefficient (Wildman–Crippen LogP) is 2.95. The normalized spacial score (nSPS) is 32.2. The largest absolute Gasteiger partial charge is 0.454 e. The highest BCUT2D eigenvalue weighted by atomic mass is 79.9. The maximum Gasteiger partial charge on any atom is 0.329 e. The lowest BCUT2D eigenvalue weighted by Crippen LogP contribution is -2.45. The van der Waals surface area contributed by atoms with E-state index in [2.05, 4.69) is 37.2 Å². The molecule has 3 aliphatic rings. The number of fused-ring (bicyclic) bond motifs is 5. The van der Waals surface area contributed by atoms with Crippen LogP contribution in [0, 0.1) is 37.5 Å². The summed E-state index contributed by atoms with van der Waals surface area (Å²) in [6, 6.07) is 4.57. The number of amides is 3. The number of carbonyl (C=O) groups excluding carboxylic acids is 4. The lowest BCUT2D eigenvalue weighted by atomic mass is 9.81. The van der Waals surface area contributed by atoms with Crippen molar-refractivity contribution in [2.24, 2.45) is 23.7 Å². The van der Waals surface area contributed by atoms with E-state index in [1.54, 1.807) is 0 Å². The van der Waals surface area contributed by atoms with Gasteiger partial charge in [-0.2, -0.15) is 0 Å². The number of anilines is 1. The summed E-state index contributed by atoms with van der Waals surface area (Å²) in [5.74, 6) is -2.49. The fraction of sp³-hybridized carbons (Fsp3) is 0.545. The van der Waals surface area contributed by atoms with Crippen molar-refractivity contribution in [1.82, 2.24) is 4.90 Å². The number of likely N-dealkylation sites (tertiary alicyclic amines) is 1. The number of aryl methyl sites for hydroxylation is 2. The highest BCUT2D eigenvalue weighted by molar-refractivity contribution is 9.12. The number of imide groups is 1. The average molecular weight is 556 g/mol. The third-order valence-corrected chi connectivity index (χ3v) is 10.0. The second-order valence-electron chi connectivity index (χ2n) is 8.65. The topological polar surface area (TPSA) is 92.8 Å². The molecule has 4 rings (SSSR count). The SMILES string of the molecule is Cc1cccc(C)c1NC(=O)COC(=O)[C@H](C)N1C(=O)[C@@H]2[C@H]3C[C@@H]([C@@H](Br)[C@H]3Br)[C@H]2C1=O. The van der Waals surface area contributed by atoms with Crippen molar-refractivity contribution < 1.29 is 23.9 Å². The van der Waals surface area contributed by atoms with E-state index in [1.807, 2.05) is 32.0 Å². The zero-order valence-corrected chi connectivity index (χ0v) is 20.6. The molecule has 2 bridgehead atoms. The van der Waals surface area contributed by atoms with Gasteiger partial charge in [0.25, 0.3) is 5.91 Å². The first kappa shape index (κ1) is 22.5. The number of nitrogens with zero attached hydrogens (tertiary/aromatic N) is 1. The number of nitrogens with one attached hydrogen (secondary N) is 1. The van der Waals surface area contributed by atoms with Crippen LogP contribution in [0.15, 0.2) is 18.2 Å². The van der Waals surface area contributed by atoms with Gasteiger partial charge in [-0.15, -0.1) is 0 Å². The van der Waals surface area contributed by atoms with E-state index in [1.165, 1.54) is 6.92 Å². The van der Waals surface area contributed by atoms with Crippen molar-refractivity contribution in [3.63, 3.8) is 0 Å². The number of benzene rings is 1. The molecule has 3 amide bonds. The second-order valence-corrected chi connectivity index (χ2v) is 10.8. The number of hydrogen-bond acceptors (Lipinski definition) is 5. The highest BCUT2D eigenvalue weighted by Crippen LogP contribution is 2.60. The number of halogens is 2. The summed E-state index contributed by atoms with van der Waals surface area (Å²) < 4.78 is 5.14. The van der Waals surface area contributed by atoms with Gasteiger partial charge in [0, 0.05) is 15.3 Å². The molecule has 0 unspecified atom stereocenters. The number of rotatable bonds is 5. The maximum absolute atomic E-state index is 13.0. The van der Waals surface area contributed by atoms with E-state index < -0.39 is 36.4 Å². The van der Waals surface area contributed by atoms with Crippen molar-refractivity contribution >= 4 is 61.2 Å². The number of alkyl halides is 2. The van der Waals surface area contributed by atoms with Gasteiger partial charge in [0.1, 0.15) is 6.04 Å². The Morgan fingerprint density at radius 3 is 2.13 bits per heavy atom. The van der Waals surface area contributed by atoms with E-state index in [-0.39, 0.29) is 33.3 Å². The zero-order valence-electron chi connectivity index (χ0n) is 17.4. The summed E-state index contributed by atoms with van der Waals surface area (Å²) in [6.07, 6.45) is 0.823. The minimum absolute atomic E-state index is 0.0761. The summed E-state index contributed by atoms with van der Waals surface area (Å²) in [5, 5.41) is 2.75. The Labute approximate surface area is 197 Å². The van der Waals surface area contributed by atoms with Gasteiger partial charge in [-0.05, 0) is 50.2 Å². The van der Waals surface area contributed by atoms with E-state index in [9.17, 15) is 19.2 Å². The third-order valence-electron chi connectivity index (χ3n) is 6.84.